The fourth-order valence-electron chi connectivity index (χ4n) is 8.26. The van der Waals surface area contributed by atoms with Crippen molar-refractivity contribution in [1.82, 2.24) is 30.7 Å². The maximum Gasteiger partial charge on any atom is 0.275 e. The standard InChI is InChI=1S/C41H63N7O6/c1-11-26(6)36(47(9)41(51)35(25(4)5)45-39(50)34(42-8)24(2)3)33-22-32(40(46-52)54-33)48-20-12-13-31(48)37(53-10)27(7)38(49)44-19-16-28-14-15-29-17-18-43-23-30(29)21-28/h14-15,17-18,21,23-27,31,33-37,42H,11-13,16,19-20,22H2,1-10H3,(H,44,49)(H,45,50)/t26-,27+,31-,33+,34-,35-,36?,37+/m0/s1. The van der Waals surface area contributed by atoms with Crippen LogP contribution in [0.4, 0.5) is 0 Å². The molecule has 0 aliphatic carbocycles. The Labute approximate surface area is 321 Å². The number of carbonyl (C=O) groups excluding carboxylic acids is 3. The van der Waals surface area contributed by atoms with Gasteiger partial charge >= 0.3 is 0 Å². The second-order valence-electron chi connectivity index (χ2n) is 15.8. The van der Waals surface area contributed by atoms with Gasteiger partial charge in [0.05, 0.1) is 35.8 Å². The average molecular weight is 750 g/mol. The normalized spacial score (nSPS) is 20.7. The lowest BCUT2D eigenvalue weighted by atomic mass is 9.89. The number of nitroso groups, excluding NO2 is 1. The summed E-state index contributed by atoms with van der Waals surface area (Å²) in [7, 11) is 5.12. The molecular formula is C41H63N7O6. The minimum absolute atomic E-state index is 0.0107. The van der Waals surface area contributed by atoms with Crippen molar-refractivity contribution in [2.45, 2.75) is 117 Å². The summed E-state index contributed by atoms with van der Waals surface area (Å²) in [6.45, 7) is 14.9. The number of methoxy groups -OCH3 is 1. The van der Waals surface area contributed by atoms with Crippen LogP contribution in [0.3, 0.4) is 0 Å². The van der Waals surface area contributed by atoms with E-state index in [-0.39, 0.29) is 47.4 Å². The zero-order valence-corrected chi connectivity index (χ0v) is 33.9. The highest BCUT2D eigenvalue weighted by atomic mass is 16.5. The lowest BCUT2D eigenvalue weighted by Gasteiger charge is -2.39. The van der Waals surface area contributed by atoms with Gasteiger partial charge in [-0.1, -0.05) is 67.0 Å². The van der Waals surface area contributed by atoms with Crippen molar-refractivity contribution in [3.8, 4) is 0 Å². The molecule has 1 unspecified atom stereocenters. The smallest absolute Gasteiger partial charge is 0.275 e. The van der Waals surface area contributed by atoms with Crippen LogP contribution in [0.25, 0.3) is 10.8 Å². The zero-order valence-electron chi connectivity index (χ0n) is 33.9. The van der Waals surface area contributed by atoms with Crippen LogP contribution in [0.15, 0.2) is 53.4 Å². The number of hydrogen-bond donors (Lipinski definition) is 3. The number of nitrogens with zero attached hydrogens (tertiary/aromatic N) is 4. The number of ether oxygens (including phenoxy) is 2. The Morgan fingerprint density at radius 3 is 2.41 bits per heavy atom. The number of aromatic nitrogens is 1. The Balaban J connectivity index is 1.46. The van der Waals surface area contributed by atoms with Crippen molar-refractivity contribution < 1.29 is 23.9 Å². The van der Waals surface area contributed by atoms with Gasteiger partial charge in [0.25, 0.3) is 5.88 Å². The lowest BCUT2D eigenvalue weighted by molar-refractivity contribution is -0.142. The molecule has 13 nitrogen and oxygen atoms in total. The van der Waals surface area contributed by atoms with Gasteiger partial charge < -0.3 is 35.2 Å². The third-order valence-corrected chi connectivity index (χ3v) is 11.5. The van der Waals surface area contributed by atoms with Crippen LogP contribution in [0.5, 0.6) is 0 Å². The van der Waals surface area contributed by atoms with Crippen molar-refractivity contribution in [1.29, 1.82) is 0 Å². The summed E-state index contributed by atoms with van der Waals surface area (Å²) >= 11 is 0. The van der Waals surface area contributed by atoms with Crippen LogP contribution >= 0.6 is 0 Å². The monoisotopic (exact) mass is 749 g/mol. The molecule has 2 aromatic rings. The van der Waals surface area contributed by atoms with E-state index < -0.39 is 36.3 Å². The van der Waals surface area contributed by atoms with Gasteiger partial charge in [0.1, 0.15) is 12.1 Å². The maximum atomic E-state index is 14.2. The molecule has 0 bridgehead atoms. The molecule has 298 valence electrons. The van der Waals surface area contributed by atoms with Crippen molar-refractivity contribution in [2.75, 3.05) is 34.3 Å². The Bertz CT molecular complexity index is 1630. The molecule has 0 radical (unpaired) electrons. The first-order valence-corrected chi connectivity index (χ1v) is 19.6. The molecule has 3 amide bonds. The van der Waals surface area contributed by atoms with Crippen molar-refractivity contribution in [3.63, 3.8) is 0 Å². The molecular weight excluding hydrogens is 686 g/mol. The predicted molar refractivity (Wildman–Crippen MR) is 211 cm³/mol. The second kappa shape index (κ2) is 19.5. The number of nitrogens with one attached hydrogen (secondary N) is 3. The summed E-state index contributed by atoms with van der Waals surface area (Å²) in [6, 6.07) is 6.45. The molecule has 13 heteroatoms. The number of carbonyl (C=O) groups is 3. The van der Waals surface area contributed by atoms with Gasteiger partial charge in [-0.15, -0.1) is 4.91 Å². The summed E-state index contributed by atoms with van der Waals surface area (Å²) in [5.41, 5.74) is 1.79. The van der Waals surface area contributed by atoms with E-state index in [0.717, 1.165) is 35.6 Å². The Morgan fingerprint density at radius 2 is 1.78 bits per heavy atom. The van der Waals surface area contributed by atoms with Gasteiger partial charge in [-0.25, -0.2) is 0 Å². The number of pyridine rings is 1. The molecule has 2 aliphatic rings. The molecule has 1 fully saturated rings. The first-order valence-electron chi connectivity index (χ1n) is 19.6. The highest BCUT2D eigenvalue weighted by Gasteiger charge is 2.46. The fourth-order valence-corrected chi connectivity index (χ4v) is 8.26. The van der Waals surface area contributed by atoms with Gasteiger partial charge in [0.15, 0.2) is 0 Å². The van der Waals surface area contributed by atoms with Crippen molar-refractivity contribution in [2.24, 2.45) is 28.8 Å². The minimum Gasteiger partial charge on any atom is -0.468 e. The topological polar surface area (TPSA) is 155 Å². The highest BCUT2D eigenvalue weighted by Crippen LogP contribution is 2.39. The molecule has 0 saturated carbocycles. The van der Waals surface area contributed by atoms with E-state index in [1.165, 1.54) is 0 Å². The SMILES string of the molecule is CC[C@H](C)C([C@H]1CC(N2CCC[C@H]2[C@H](OC)[C@@H](C)C(=O)NCCc2ccc3ccncc3c2)=C(N=O)O1)N(C)C(=O)[C@@H](NC(=O)[C@@H](NC)C(C)C)C(C)C. The molecule has 8 atom stereocenters. The maximum absolute atomic E-state index is 14.2. The van der Waals surface area contributed by atoms with Crippen LogP contribution in [0.1, 0.15) is 79.7 Å². The van der Waals surface area contributed by atoms with Crippen LogP contribution in [-0.2, 0) is 30.3 Å². The summed E-state index contributed by atoms with van der Waals surface area (Å²) in [5.74, 6) is -1.10. The summed E-state index contributed by atoms with van der Waals surface area (Å²) in [6.07, 6.45) is 6.08. The Hall–Kier alpha value is -4.10. The number of fused-ring (bicyclic) bond motifs is 1. The predicted octanol–water partition coefficient (Wildman–Crippen LogP) is 4.99. The van der Waals surface area contributed by atoms with Crippen molar-refractivity contribution in [3.05, 3.63) is 58.7 Å². The van der Waals surface area contributed by atoms with Crippen LogP contribution in [0.2, 0.25) is 0 Å². The molecule has 1 aromatic carbocycles. The van der Waals surface area contributed by atoms with Crippen molar-refractivity contribution >= 4 is 28.5 Å². The van der Waals surface area contributed by atoms with E-state index in [0.29, 0.717) is 31.6 Å². The van der Waals surface area contributed by atoms with Gasteiger partial charge in [0, 0.05) is 56.6 Å². The quantitative estimate of drug-likeness (QED) is 0.169. The average Bonchev–Trinajstić information content (AvgIpc) is 3.81. The van der Waals surface area contributed by atoms with Gasteiger partial charge in [0.2, 0.25) is 17.7 Å². The molecule has 3 heterocycles. The molecule has 4 rings (SSSR count). The van der Waals surface area contributed by atoms with Gasteiger partial charge in [-0.05, 0) is 67.1 Å². The summed E-state index contributed by atoms with van der Waals surface area (Å²) in [4.78, 5) is 61.3. The molecule has 1 aromatic heterocycles. The number of rotatable bonds is 19. The molecule has 3 N–H and O–H groups in total. The fraction of sp³-hybridized carbons (Fsp3) is 0.659. The van der Waals surface area contributed by atoms with E-state index in [9.17, 15) is 19.3 Å². The van der Waals surface area contributed by atoms with E-state index in [4.69, 9.17) is 9.47 Å². The molecule has 0 spiro atoms. The third kappa shape index (κ3) is 9.76. The van der Waals surface area contributed by atoms with E-state index in [1.54, 1.807) is 32.3 Å². The molecule has 2 aliphatic heterocycles. The van der Waals surface area contributed by atoms with Gasteiger partial charge in [-0.3, -0.25) is 19.4 Å². The Kier molecular flexibility index (Phi) is 15.4. The first-order chi connectivity index (χ1) is 25.8. The number of likely N-dealkylation sites (N-methyl/N-ethyl adjacent to an activating group) is 2. The number of hydrogen-bond acceptors (Lipinski definition) is 10. The number of amides is 3. The summed E-state index contributed by atoms with van der Waals surface area (Å²) in [5, 5.41) is 14.7. The number of likely N-dealkylation sites (tertiary alicyclic amines) is 1. The second-order valence-corrected chi connectivity index (χ2v) is 15.8. The van der Waals surface area contributed by atoms with E-state index >= 15 is 0 Å². The van der Waals surface area contributed by atoms with Crippen LogP contribution in [0, 0.1) is 28.6 Å². The first kappa shape index (κ1) is 42.6. The zero-order chi connectivity index (χ0) is 39.7. The van der Waals surface area contributed by atoms with Crippen LogP contribution < -0.4 is 16.0 Å². The molecule has 1 saturated heterocycles. The van der Waals surface area contributed by atoms with Gasteiger partial charge in [-0.2, -0.15) is 0 Å². The molecule has 54 heavy (non-hydrogen) atoms. The Morgan fingerprint density at radius 1 is 1.06 bits per heavy atom. The van der Waals surface area contributed by atoms with E-state index in [1.807, 2.05) is 46.9 Å². The minimum atomic E-state index is -0.746. The summed E-state index contributed by atoms with van der Waals surface area (Å²) < 4.78 is 12.4. The number of benzene rings is 1. The third-order valence-electron chi connectivity index (χ3n) is 11.5. The highest BCUT2D eigenvalue weighted by molar-refractivity contribution is 5.90. The van der Waals surface area contributed by atoms with Crippen LogP contribution in [-0.4, -0.2) is 103 Å². The van der Waals surface area contributed by atoms with E-state index in [2.05, 4.69) is 63.1 Å². The largest absolute Gasteiger partial charge is 0.468 e. The lowest BCUT2D eigenvalue weighted by Crippen LogP contribution is -2.59.